The van der Waals surface area contributed by atoms with Crippen LogP contribution in [0.2, 0.25) is 0 Å². The molecular weight excluding hydrogens is 318 g/mol. The van der Waals surface area contributed by atoms with Gasteiger partial charge >= 0.3 is 5.97 Å². The summed E-state index contributed by atoms with van der Waals surface area (Å²) in [6, 6.07) is 1.69. The van der Waals surface area contributed by atoms with Gasteiger partial charge < -0.3 is 9.67 Å². The predicted octanol–water partition coefficient (Wildman–Crippen LogP) is 3.32. The zero-order valence-electron chi connectivity index (χ0n) is 9.77. The van der Waals surface area contributed by atoms with Crippen LogP contribution in [0.4, 0.5) is 0 Å². The average molecular weight is 330 g/mol. The van der Waals surface area contributed by atoms with Gasteiger partial charge in [0.1, 0.15) is 10.4 Å². The number of unbranched alkanes of at least 4 members (excludes halogenated alkanes) is 1. The van der Waals surface area contributed by atoms with Crippen molar-refractivity contribution in [2.75, 3.05) is 0 Å². The van der Waals surface area contributed by atoms with Gasteiger partial charge in [-0.05, 0) is 28.4 Å². The Hall–Kier alpha value is -1.14. The molecule has 0 aliphatic carbocycles. The van der Waals surface area contributed by atoms with Crippen molar-refractivity contribution in [3.63, 3.8) is 0 Å². The summed E-state index contributed by atoms with van der Waals surface area (Å²) in [6.45, 7) is 2.79. The van der Waals surface area contributed by atoms with Crippen molar-refractivity contribution in [3.05, 3.63) is 31.8 Å². The van der Waals surface area contributed by atoms with Gasteiger partial charge in [-0.3, -0.25) is 4.79 Å². The normalized spacial score (nSPS) is 11.0. The number of hydrogen-bond donors (Lipinski definition) is 1. The smallest absolute Gasteiger partial charge is 0.341 e. The van der Waals surface area contributed by atoms with Crippen LogP contribution in [0.3, 0.4) is 0 Å². The molecule has 6 heteroatoms. The van der Waals surface area contributed by atoms with E-state index in [9.17, 15) is 9.59 Å². The second-order valence-corrected chi connectivity index (χ2v) is 6.40. The first kappa shape index (κ1) is 13.3. The van der Waals surface area contributed by atoms with Gasteiger partial charge in [0.05, 0.1) is 9.17 Å². The Balaban J connectivity index is 2.71. The second kappa shape index (κ2) is 5.24. The van der Waals surface area contributed by atoms with Gasteiger partial charge in [-0.2, -0.15) is 0 Å². The van der Waals surface area contributed by atoms with Crippen molar-refractivity contribution in [1.29, 1.82) is 0 Å². The number of hydrogen-bond acceptors (Lipinski definition) is 3. The number of nitrogens with zero attached hydrogens (tertiary/aromatic N) is 1. The first-order valence-electron chi connectivity index (χ1n) is 5.60. The van der Waals surface area contributed by atoms with E-state index in [1.54, 1.807) is 6.07 Å². The number of aromatic carboxylic acids is 1. The monoisotopic (exact) mass is 329 g/mol. The summed E-state index contributed by atoms with van der Waals surface area (Å²) in [5, 5.41) is 9.54. The highest BCUT2D eigenvalue weighted by atomic mass is 79.9. The number of carboxylic acids is 1. The van der Waals surface area contributed by atoms with Crippen molar-refractivity contribution in [3.8, 4) is 0 Å². The highest BCUT2D eigenvalue weighted by Gasteiger charge is 2.16. The number of aryl methyl sites for hydroxylation is 1. The van der Waals surface area contributed by atoms with Crippen LogP contribution in [0, 0.1) is 0 Å². The van der Waals surface area contributed by atoms with E-state index in [4.69, 9.17) is 5.11 Å². The quantitative estimate of drug-likeness (QED) is 0.935. The molecule has 18 heavy (non-hydrogen) atoms. The van der Waals surface area contributed by atoms with Crippen molar-refractivity contribution in [1.82, 2.24) is 4.57 Å². The Labute approximate surface area is 116 Å². The van der Waals surface area contributed by atoms with E-state index in [2.05, 4.69) is 22.9 Å². The lowest BCUT2D eigenvalue weighted by Crippen LogP contribution is -2.17. The minimum Gasteiger partial charge on any atom is -0.477 e. The van der Waals surface area contributed by atoms with Gasteiger partial charge in [-0.25, -0.2) is 4.79 Å². The summed E-state index contributed by atoms with van der Waals surface area (Å²) in [7, 11) is 0. The molecule has 0 saturated carbocycles. The molecule has 0 unspecified atom stereocenters. The molecule has 1 N–H and O–H groups in total. The molecule has 0 aromatic carbocycles. The fraction of sp³-hybridized carbons (Fsp3) is 0.333. The van der Waals surface area contributed by atoms with E-state index in [1.807, 2.05) is 4.57 Å². The van der Waals surface area contributed by atoms with Crippen LogP contribution in [0.15, 0.2) is 20.8 Å². The number of carboxylic acid groups (broad SMARTS) is 1. The molecule has 0 atom stereocenters. The van der Waals surface area contributed by atoms with Crippen LogP contribution < -0.4 is 5.43 Å². The first-order valence-corrected chi connectivity index (χ1v) is 7.21. The highest BCUT2D eigenvalue weighted by molar-refractivity contribution is 9.11. The minimum atomic E-state index is -1.17. The fourth-order valence-corrected chi connectivity index (χ4v) is 3.37. The predicted molar refractivity (Wildman–Crippen MR) is 75.7 cm³/mol. The van der Waals surface area contributed by atoms with E-state index >= 15 is 0 Å². The molecule has 0 aliphatic heterocycles. The SMILES string of the molecule is CCCCn1cc(C(=O)O)c(=O)c2cc(Br)sc21. The third-order valence-corrected chi connectivity index (χ3v) is 4.38. The maximum absolute atomic E-state index is 12.0. The van der Waals surface area contributed by atoms with Gasteiger partial charge in [0.15, 0.2) is 0 Å². The third-order valence-electron chi connectivity index (χ3n) is 2.70. The van der Waals surface area contributed by atoms with Crippen molar-refractivity contribution in [2.45, 2.75) is 26.3 Å². The van der Waals surface area contributed by atoms with Gasteiger partial charge in [-0.15, -0.1) is 11.3 Å². The lowest BCUT2D eigenvalue weighted by Gasteiger charge is -2.08. The minimum absolute atomic E-state index is 0.163. The number of pyridine rings is 1. The van der Waals surface area contributed by atoms with E-state index < -0.39 is 11.4 Å². The molecule has 2 heterocycles. The zero-order chi connectivity index (χ0) is 13.3. The molecule has 96 valence electrons. The molecule has 0 spiro atoms. The number of thiophene rings is 1. The van der Waals surface area contributed by atoms with Gasteiger partial charge in [0.2, 0.25) is 5.43 Å². The van der Waals surface area contributed by atoms with Crippen LogP contribution >= 0.6 is 27.3 Å². The summed E-state index contributed by atoms with van der Waals surface area (Å²) in [4.78, 5) is 23.9. The molecule has 0 bridgehead atoms. The zero-order valence-corrected chi connectivity index (χ0v) is 12.2. The molecule has 4 nitrogen and oxygen atoms in total. The van der Waals surface area contributed by atoms with Crippen molar-refractivity contribution < 1.29 is 9.90 Å². The van der Waals surface area contributed by atoms with Crippen molar-refractivity contribution in [2.24, 2.45) is 0 Å². The van der Waals surface area contributed by atoms with Gasteiger partial charge in [-0.1, -0.05) is 13.3 Å². The molecular formula is C12H12BrNO3S. The van der Waals surface area contributed by atoms with Crippen molar-refractivity contribution >= 4 is 43.5 Å². The number of aromatic nitrogens is 1. The lowest BCUT2D eigenvalue weighted by atomic mass is 10.2. The Morgan fingerprint density at radius 2 is 2.28 bits per heavy atom. The number of fused-ring (bicyclic) bond motifs is 1. The van der Waals surface area contributed by atoms with Crippen LogP contribution in [0.25, 0.3) is 10.2 Å². The lowest BCUT2D eigenvalue weighted by molar-refractivity contribution is 0.0695. The van der Waals surface area contributed by atoms with Crippen LogP contribution in [-0.2, 0) is 6.54 Å². The molecule has 2 aromatic heterocycles. The third kappa shape index (κ3) is 2.35. The molecule has 2 aromatic rings. The van der Waals surface area contributed by atoms with Gasteiger partial charge in [0.25, 0.3) is 0 Å². The average Bonchev–Trinajstić information content (AvgIpc) is 2.70. The van der Waals surface area contributed by atoms with E-state index in [-0.39, 0.29) is 5.56 Å². The molecule has 0 aliphatic rings. The number of carbonyl (C=O) groups is 1. The summed E-state index contributed by atoms with van der Waals surface area (Å²) in [6.07, 6.45) is 3.42. The number of halogens is 1. The Bertz CT molecular complexity index is 659. The first-order chi connectivity index (χ1) is 8.54. The van der Waals surface area contributed by atoms with E-state index in [1.165, 1.54) is 17.5 Å². The van der Waals surface area contributed by atoms with E-state index in [0.717, 1.165) is 28.0 Å². The summed E-state index contributed by atoms with van der Waals surface area (Å²) < 4.78 is 2.70. The maximum atomic E-state index is 12.0. The summed E-state index contributed by atoms with van der Waals surface area (Å²) >= 11 is 4.79. The van der Waals surface area contributed by atoms with Gasteiger partial charge in [0, 0.05) is 12.7 Å². The molecule has 2 rings (SSSR count). The van der Waals surface area contributed by atoms with Crippen LogP contribution in [-0.4, -0.2) is 15.6 Å². The summed E-state index contributed by atoms with van der Waals surface area (Å²) in [5.74, 6) is -1.17. The molecule has 0 radical (unpaired) electrons. The molecule has 0 amide bonds. The molecule has 0 saturated heterocycles. The second-order valence-electron chi connectivity index (χ2n) is 3.99. The van der Waals surface area contributed by atoms with Crippen LogP contribution in [0.1, 0.15) is 30.1 Å². The summed E-state index contributed by atoms with van der Waals surface area (Å²) in [5.41, 5.74) is -0.573. The van der Waals surface area contributed by atoms with Crippen LogP contribution in [0.5, 0.6) is 0 Å². The largest absolute Gasteiger partial charge is 0.477 e. The Morgan fingerprint density at radius 3 is 2.89 bits per heavy atom. The van der Waals surface area contributed by atoms with E-state index in [0.29, 0.717) is 5.39 Å². The topological polar surface area (TPSA) is 59.3 Å². The standard InChI is InChI=1S/C12H12BrNO3S/c1-2-3-4-14-6-8(12(16)17)10(15)7-5-9(13)18-11(7)14/h5-6H,2-4H2,1H3,(H,16,17). The maximum Gasteiger partial charge on any atom is 0.341 e. The molecule has 0 fully saturated rings. The number of rotatable bonds is 4. The Kier molecular flexibility index (Phi) is 3.87. The Morgan fingerprint density at radius 1 is 1.56 bits per heavy atom. The fourth-order valence-electron chi connectivity index (χ4n) is 1.79. The highest BCUT2D eigenvalue weighted by Crippen LogP contribution is 2.28.